The van der Waals surface area contributed by atoms with E-state index in [1.165, 1.54) is 6.92 Å². The molecule has 0 aliphatic rings. The summed E-state index contributed by atoms with van der Waals surface area (Å²) in [5.41, 5.74) is 0. The highest BCUT2D eigenvalue weighted by Gasteiger charge is 2.08. The van der Waals surface area contributed by atoms with Crippen LogP contribution in [0.3, 0.4) is 0 Å². The van der Waals surface area contributed by atoms with E-state index in [1.54, 1.807) is 0 Å². The van der Waals surface area contributed by atoms with Crippen LogP contribution < -0.4 is 0 Å². The molecule has 0 radical (unpaired) electrons. The highest BCUT2D eigenvalue weighted by molar-refractivity contribution is 7.33. The molecule has 0 rings (SSSR count). The molecule has 0 amide bonds. The maximum Gasteiger partial charge on any atom is 0.321 e. The van der Waals surface area contributed by atoms with Gasteiger partial charge in [0.25, 0.3) is 0 Å². The average molecular weight is 350 g/mol. The smallest absolute Gasteiger partial charge is 0.321 e. The molecule has 0 saturated heterocycles. The van der Waals surface area contributed by atoms with E-state index in [0.717, 1.165) is 0 Å². The van der Waals surface area contributed by atoms with Crippen LogP contribution >= 0.6 is 54.7 Å². The molecule has 4 atom stereocenters. The SMILES string of the molecule is CC(Cl)CCl.CC(O)O[PH](=O)OCC(Cl)CCl. The van der Waals surface area contributed by atoms with Gasteiger partial charge in [-0.1, -0.05) is 0 Å². The molecule has 9 heteroatoms. The second-order valence-electron chi connectivity index (χ2n) is 2.96. The maximum atomic E-state index is 10.8. The van der Waals surface area contributed by atoms with Crippen LogP contribution in [0.1, 0.15) is 13.8 Å². The Morgan fingerprint density at radius 3 is 2.00 bits per heavy atom. The molecule has 0 heterocycles. The average Bonchev–Trinajstić information content (AvgIpc) is 2.25. The zero-order valence-electron chi connectivity index (χ0n) is 9.54. The molecule has 4 nitrogen and oxygen atoms in total. The van der Waals surface area contributed by atoms with E-state index in [4.69, 9.17) is 51.5 Å². The van der Waals surface area contributed by atoms with Crippen LogP contribution in [0.15, 0.2) is 0 Å². The predicted octanol–water partition coefficient (Wildman–Crippen LogP) is 3.45. The van der Waals surface area contributed by atoms with Gasteiger partial charge in [-0.2, -0.15) is 0 Å². The van der Waals surface area contributed by atoms with Gasteiger partial charge in [-0.15, -0.1) is 46.4 Å². The fourth-order valence-corrected chi connectivity index (χ4v) is 1.32. The van der Waals surface area contributed by atoms with E-state index in [2.05, 4.69) is 9.05 Å². The number of hydrogen-bond acceptors (Lipinski definition) is 4. The van der Waals surface area contributed by atoms with E-state index in [0.29, 0.717) is 5.88 Å². The van der Waals surface area contributed by atoms with E-state index in [-0.39, 0.29) is 17.9 Å². The van der Waals surface area contributed by atoms with Crippen molar-refractivity contribution in [2.75, 3.05) is 18.4 Å². The minimum absolute atomic E-state index is 0.0512. The third kappa shape index (κ3) is 19.8. The topological polar surface area (TPSA) is 55.8 Å². The molecular formula is C8H17Cl4O4P. The number of halogens is 4. The summed E-state index contributed by atoms with van der Waals surface area (Å²) in [5, 5.41) is 8.34. The molecule has 0 aromatic heterocycles. The number of alkyl halides is 4. The molecule has 0 spiro atoms. The first-order valence-corrected chi connectivity index (χ1v) is 7.91. The first-order chi connectivity index (χ1) is 7.83. The van der Waals surface area contributed by atoms with Gasteiger partial charge in [0.1, 0.15) is 0 Å². The van der Waals surface area contributed by atoms with Crippen molar-refractivity contribution in [1.82, 2.24) is 0 Å². The summed E-state index contributed by atoms with van der Waals surface area (Å²) in [6.07, 6.45) is -1.10. The lowest BCUT2D eigenvalue weighted by atomic mass is 10.5. The Bertz CT molecular complexity index is 194. The van der Waals surface area contributed by atoms with Gasteiger partial charge < -0.3 is 9.63 Å². The van der Waals surface area contributed by atoms with Gasteiger partial charge in [0.15, 0.2) is 6.29 Å². The summed E-state index contributed by atoms with van der Waals surface area (Å²) in [6.45, 7) is 3.25. The Morgan fingerprint density at radius 1 is 1.24 bits per heavy atom. The molecule has 17 heavy (non-hydrogen) atoms. The summed E-state index contributed by atoms with van der Waals surface area (Å²) in [6, 6.07) is 0. The van der Waals surface area contributed by atoms with Gasteiger partial charge in [-0.05, 0) is 13.8 Å². The van der Waals surface area contributed by atoms with Gasteiger partial charge in [-0.3, -0.25) is 9.09 Å². The van der Waals surface area contributed by atoms with Crippen molar-refractivity contribution in [3.05, 3.63) is 0 Å². The van der Waals surface area contributed by atoms with Gasteiger partial charge in [0, 0.05) is 17.1 Å². The van der Waals surface area contributed by atoms with Crippen LogP contribution in [0.4, 0.5) is 0 Å². The first-order valence-electron chi connectivity index (χ1n) is 4.75. The van der Waals surface area contributed by atoms with Crippen molar-refractivity contribution in [3.8, 4) is 0 Å². The van der Waals surface area contributed by atoms with Gasteiger partial charge >= 0.3 is 8.25 Å². The quantitative estimate of drug-likeness (QED) is 0.434. The van der Waals surface area contributed by atoms with Crippen molar-refractivity contribution in [3.63, 3.8) is 0 Å². The Morgan fingerprint density at radius 2 is 1.71 bits per heavy atom. The highest BCUT2D eigenvalue weighted by Crippen LogP contribution is 2.25. The maximum absolute atomic E-state index is 10.8. The van der Waals surface area contributed by atoms with Crippen LogP contribution in [0.2, 0.25) is 0 Å². The molecule has 4 unspecified atom stereocenters. The van der Waals surface area contributed by atoms with Gasteiger partial charge in [-0.25, -0.2) is 0 Å². The Balaban J connectivity index is 0. The highest BCUT2D eigenvalue weighted by atomic mass is 35.5. The van der Waals surface area contributed by atoms with Gasteiger partial charge in [0.05, 0.1) is 12.0 Å². The summed E-state index contributed by atoms with van der Waals surface area (Å²) in [7, 11) is -2.64. The summed E-state index contributed by atoms with van der Waals surface area (Å²) in [5.74, 6) is 0.757. The number of aliphatic hydroxyl groups is 1. The van der Waals surface area contributed by atoms with Crippen LogP contribution in [-0.2, 0) is 13.6 Å². The fraction of sp³-hybridized carbons (Fsp3) is 1.00. The largest absolute Gasteiger partial charge is 0.368 e. The van der Waals surface area contributed by atoms with Crippen LogP contribution in [0, 0.1) is 0 Å². The summed E-state index contributed by atoms with van der Waals surface area (Å²) in [4.78, 5) is 0. The van der Waals surface area contributed by atoms with Crippen LogP contribution in [0.5, 0.6) is 0 Å². The second kappa shape index (κ2) is 13.7. The molecule has 0 aliphatic carbocycles. The monoisotopic (exact) mass is 348 g/mol. The zero-order chi connectivity index (χ0) is 13.8. The number of rotatable bonds is 7. The molecule has 0 aromatic carbocycles. The van der Waals surface area contributed by atoms with E-state index in [1.807, 2.05) is 6.92 Å². The molecular weight excluding hydrogens is 333 g/mol. The van der Waals surface area contributed by atoms with E-state index in [9.17, 15) is 4.57 Å². The minimum Gasteiger partial charge on any atom is -0.368 e. The molecule has 106 valence electrons. The van der Waals surface area contributed by atoms with Crippen molar-refractivity contribution in [2.45, 2.75) is 30.9 Å². The lowest BCUT2D eigenvalue weighted by Gasteiger charge is -2.08. The van der Waals surface area contributed by atoms with Crippen LogP contribution in [-0.4, -0.2) is 40.5 Å². The lowest BCUT2D eigenvalue weighted by Crippen LogP contribution is -2.09. The zero-order valence-corrected chi connectivity index (χ0v) is 13.6. The van der Waals surface area contributed by atoms with E-state index < -0.39 is 19.9 Å². The molecule has 0 bridgehead atoms. The van der Waals surface area contributed by atoms with E-state index >= 15 is 0 Å². The molecule has 1 N–H and O–H groups in total. The Kier molecular flexibility index (Phi) is 16.6. The standard InChI is InChI=1S/C5H11Cl2O4P.C3H6Cl2/c1-4(8)11-12(9)10-3-5(7)2-6;1-3(5)2-4/h4-5,8,12H,2-3H2,1H3;3H,2H2,1H3. The van der Waals surface area contributed by atoms with Gasteiger partial charge in [0.2, 0.25) is 0 Å². The first kappa shape index (κ1) is 20.6. The third-order valence-electron chi connectivity index (χ3n) is 1.03. The summed E-state index contributed by atoms with van der Waals surface area (Å²) < 4.78 is 19.8. The lowest BCUT2D eigenvalue weighted by molar-refractivity contribution is -0.00606. The number of aliphatic hydroxyl groups excluding tert-OH is 1. The van der Waals surface area contributed by atoms with Crippen molar-refractivity contribution >= 4 is 54.7 Å². The summed E-state index contributed by atoms with van der Waals surface area (Å²) >= 11 is 21.4. The van der Waals surface area contributed by atoms with Crippen molar-refractivity contribution in [2.24, 2.45) is 0 Å². The second-order valence-corrected chi connectivity index (χ2v) is 5.97. The van der Waals surface area contributed by atoms with Crippen LogP contribution in [0.25, 0.3) is 0 Å². The molecule has 0 saturated carbocycles. The molecule has 0 fully saturated rings. The predicted molar refractivity (Wildman–Crippen MR) is 74.1 cm³/mol. The Hall–Kier alpha value is 1.27. The van der Waals surface area contributed by atoms with Crippen molar-refractivity contribution < 1.29 is 18.7 Å². The normalized spacial score (nSPS) is 17.6. The minimum atomic E-state index is -2.64. The molecule has 0 aromatic rings. The number of hydrogen-bond donors (Lipinski definition) is 1. The van der Waals surface area contributed by atoms with Crippen molar-refractivity contribution in [1.29, 1.82) is 0 Å². The molecule has 0 aliphatic heterocycles. The third-order valence-corrected chi connectivity index (χ3v) is 3.55. The fourth-order valence-electron chi connectivity index (χ4n) is 0.376. The Labute approximate surface area is 122 Å².